The van der Waals surface area contributed by atoms with Crippen LogP contribution in [-0.4, -0.2) is 50.1 Å². The van der Waals surface area contributed by atoms with Crippen LogP contribution in [0.25, 0.3) is 11.3 Å². The number of pyridine rings is 1. The Morgan fingerprint density at radius 2 is 2.17 bits per heavy atom. The van der Waals surface area contributed by atoms with Gasteiger partial charge in [-0.05, 0) is 37.1 Å². The average molecular weight is 406 g/mol. The molecule has 2 aromatic rings. The third-order valence-corrected chi connectivity index (χ3v) is 5.26. The third kappa shape index (κ3) is 4.28. The van der Waals surface area contributed by atoms with E-state index in [1.54, 1.807) is 18.2 Å². The van der Waals surface area contributed by atoms with Crippen LogP contribution in [0.2, 0.25) is 0 Å². The van der Waals surface area contributed by atoms with E-state index in [1.807, 2.05) is 13.0 Å². The van der Waals surface area contributed by atoms with Crippen LogP contribution >= 0.6 is 0 Å². The maximum Gasteiger partial charge on any atom is 0.272 e. The first-order chi connectivity index (χ1) is 14.0. The van der Waals surface area contributed by atoms with Crippen LogP contribution in [0.3, 0.4) is 0 Å². The van der Waals surface area contributed by atoms with E-state index in [4.69, 9.17) is 14.2 Å². The molecular weight excluding hydrogens is 382 g/mol. The van der Waals surface area contributed by atoms with Crippen LogP contribution in [0.15, 0.2) is 29.1 Å². The van der Waals surface area contributed by atoms with Gasteiger partial charge in [0.05, 0.1) is 31.6 Å². The summed E-state index contributed by atoms with van der Waals surface area (Å²) in [5.74, 6) is 1.16. The molecule has 1 fully saturated rings. The minimum atomic E-state index is -2.51. The summed E-state index contributed by atoms with van der Waals surface area (Å²) in [5, 5.41) is 3.34. The molecule has 3 heterocycles. The molecule has 0 aliphatic carbocycles. The molecule has 1 aromatic carbocycles. The van der Waals surface area contributed by atoms with Gasteiger partial charge in [0.1, 0.15) is 18.2 Å². The van der Waals surface area contributed by atoms with E-state index in [2.05, 4.69) is 9.88 Å². The van der Waals surface area contributed by atoms with E-state index in [9.17, 15) is 13.6 Å². The van der Waals surface area contributed by atoms with Crippen molar-refractivity contribution in [3.63, 3.8) is 0 Å². The molecule has 2 aliphatic rings. The zero-order valence-corrected chi connectivity index (χ0v) is 16.2. The Morgan fingerprint density at radius 1 is 1.31 bits per heavy atom. The van der Waals surface area contributed by atoms with Crippen molar-refractivity contribution in [2.45, 2.75) is 32.4 Å². The standard InChI is InChI=1S/C21H24F2N2O4/c1-13-18(26)9-20(24-10-16-11-27-6-7-28-16)25-5-4-14-8-15(29-12-19(22)23)2-3-17(14)21(13)25/h2-3,8-9,16,19,24H,4-7,10-12H2,1H3/t16-/m1/s1. The summed E-state index contributed by atoms with van der Waals surface area (Å²) in [7, 11) is 0. The van der Waals surface area contributed by atoms with E-state index in [0.717, 1.165) is 22.6 Å². The van der Waals surface area contributed by atoms with Gasteiger partial charge >= 0.3 is 0 Å². The largest absolute Gasteiger partial charge is 0.488 e. The molecule has 0 spiro atoms. The number of benzene rings is 1. The summed E-state index contributed by atoms with van der Waals surface area (Å²) in [6.07, 6.45) is -1.85. The Kier molecular flexibility index (Phi) is 5.82. The molecule has 0 saturated carbocycles. The van der Waals surface area contributed by atoms with E-state index >= 15 is 0 Å². The Labute approximate surface area is 167 Å². The number of hydrogen-bond donors (Lipinski definition) is 1. The molecule has 29 heavy (non-hydrogen) atoms. The number of ether oxygens (including phenoxy) is 3. The van der Waals surface area contributed by atoms with Gasteiger partial charge in [-0.2, -0.15) is 0 Å². The second-order valence-electron chi connectivity index (χ2n) is 7.24. The van der Waals surface area contributed by atoms with Gasteiger partial charge in [-0.15, -0.1) is 0 Å². The number of nitrogens with one attached hydrogen (secondary N) is 1. The van der Waals surface area contributed by atoms with E-state index in [0.29, 0.717) is 50.6 Å². The van der Waals surface area contributed by atoms with Crippen LogP contribution < -0.4 is 15.5 Å². The fourth-order valence-corrected chi connectivity index (χ4v) is 3.84. The molecular formula is C21H24F2N2O4. The fraction of sp³-hybridized carbons (Fsp3) is 0.476. The number of alkyl halides is 2. The summed E-state index contributed by atoms with van der Waals surface area (Å²) >= 11 is 0. The molecule has 1 saturated heterocycles. The maximum atomic E-state index is 12.6. The Hall–Kier alpha value is -2.45. The van der Waals surface area contributed by atoms with Crippen molar-refractivity contribution in [2.24, 2.45) is 0 Å². The van der Waals surface area contributed by atoms with Crippen molar-refractivity contribution in [2.75, 3.05) is 38.3 Å². The summed E-state index contributed by atoms with van der Waals surface area (Å²) < 4.78 is 43.2. The van der Waals surface area contributed by atoms with E-state index < -0.39 is 13.0 Å². The second-order valence-corrected chi connectivity index (χ2v) is 7.24. The first-order valence-electron chi connectivity index (χ1n) is 9.75. The minimum absolute atomic E-state index is 0.0505. The van der Waals surface area contributed by atoms with Crippen molar-refractivity contribution >= 4 is 5.82 Å². The molecule has 0 radical (unpaired) electrons. The van der Waals surface area contributed by atoms with Crippen molar-refractivity contribution < 1.29 is 23.0 Å². The number of halogens is 2. The highest BCUT2D eigenvalue weighted by Gasteiger charge is 2.23. The number of fused-ring (bicyclic) bond motifs is 3. The monoisotopic (exact) mass is 406 g/mol. The minimum Gasteiger partial charge on any atom is -0.488 e. The molecule has 6 nitrogen and oxygen atoms in total. The van der Waals surface area contributed by atoms with E-state index in [1.165, 1.54) is 0 Å². The van der Waals surface area contributed by atoms with E-state index in [-0.39, 0.29) is 11.5 Å². The highest BCUT2D eigenvalue weighted by molar-refractivity contribution is 5.72. The number of anilines is 1. The third-order valence-electron chi connectivity index (χ3n) is 5.26. The molecule has 156 valence electrons. The quantitative estimate of drug-likeness (QED) is 0.800. The first kappa shape index (κ1) is 19.8. The van der Waals surface area contributed by atoms with Gasteiger partial charge in [0.2, 0.25) is 0 Å². The number of aryl methyl sites for hydroxylation is 1. The zero-order valence-electron chi connectivity index (χ0n) is 16.2. The molecule has 0 amide bonds. The van der Waals surface area contributed by atoms with Gasteiger partial charge in [-0.3, -0.25) is 4.79 Å². The zero-order chi connectivity index (χ0) is 20.4. The van der Waals surface area contributed by atoms with Crippen LogP contribution in [0.5, 0.6) is 5.75 Å². The predicted molar refractivity (Wildman–Crippen MR) is 105 cm³/mol. The number of hydrogen-bond acceptors (Lipinski definition) is 5. The molecule has 8 heteroatoms. The molecule has 2 aliphatic heterocycles. The first-order valence-corrected chi connectivity index (χ1v) is 9.75. The lowest BCUT2D eigenvalue weighted by Gasteiger charge is -2.29. The lowest BCUT2D eigenvalue weighted by Crippen LogP contribution is -2.35. The molecule has 1 aromatic heterocycles. The van der Waals surface area contributed by atoms with Crippen LogP contribution in [-0.2, 0) is 22.4 Å². The Bertz CT molecular complexity index is 939. The Morgan fingerprint density at radius 3 is 2.93 bits per heavy atom. The predicted octanol–water partition coefficient (Wildman–Crippen LogP) is 2.85. The van der Waals surface area contributed by atoms with Crippen molar-refractivity contribution in [1.29, 1.82) is 0 Å². The van der Waals surface area contributed by atoms with Gasteiger partial charge in [0.15, 0.2) is 5.43 Å². The molecule has 0 unspecified atom stereocenters. The number of aromatic nitrogens is 1. The van der Waals surface area contributed by atoms with Crippen LogP contribution in [0.4, 0.5) is 14.6 Å². The summed E-state index contributed by atoms with van der Waals surface area (Å²) in [5.41, 5.74) is 3.37. The molecule has 1 atom stereocenters. The van der Waals surface area contributed by atoms with Crippen LogP contribution in [0.1, 0.15) is 11.1 Å². The van der Waals surface area contributed by atoms with Crippen molar-refractivity contribution in [3.05, 3.63) is 45.6 Å². The van der Waals surface area contributed by atoms with Crippen molar-refractivity contribution in [1.82, 2.24) is 4.57 Å². The number of rotatable bonds is 6. The maximum absolute atomic E-state index is 12.6. The summed E-state index contributed by atoms with van der Waals surface area (Å²) in [6.45, 7) is 4.11. The number of nitrogens with zero attached hydrogens (tertiary/aromatic N) is 1. The lowest BCUT2D eigenvalue weighted by molar-refractivity contribution is -0.0819. The highest BCUT2D eigenvalue weighted by atomic mass is 19.3. The Balaban J connectivity index is 1.63. The summed E-state index contributed by atoms with van der Waals surface area (Å²) in [4.78, 5) is 12.6. The van der Waals surface area contributed by atoms with Crippen LogP contribution in [0, 0.1) is 6.92 Å². The highest BCUT2D eigenvalue weighted by Crippen LogP contribution is 2.35. The van der Waals surface area contributed by atoms with Gasteiger partial charge < -0.3 is 24.1 Å². The smallest absolute Gasteiger partial charge is 0.272 e. The topological polar surface area (TPSA) is 61.7 Å². The van der Waals surface area contributed by atoms with Gasteiger partial charge in [0.25, 0.3) is 6.43 Å². The molecule has 4 rings (SSSR count). The van der Waals surface area contributed by atoms with Gasteiger partial charge in [-0.1, -0.05) is 0 Å². The molecule has 1 N–H and O–H groups in total. The van der Waals surface area contributed by atoms with Gasteiger partial charge in [-0.25, -0.2) is 8.78 Å². The second kappa shape index (κ2) is 8.51. The van der Waals surface area contributed by atoms with Gasteiger partial charge in [0, 0.05) is 30.3 Å². The van der Waals surface area contributed by atoms with Crippen molar-refractivity contribution in [3.8, 4) is 17.0 Å². The normalized spacial score (nSPS) is 18.3. The average Bonchev–Trinajstić information content (AvgIpc) is 2.73. The lowest BCUT2D eigenvalue weighted by atomic mass is 9.94. The molecule has 0 bridgehead atoms. The summed E-state index contributed by atoms with van der Waals surface area (Å²) in [6, 6.07) is 6.93. The SMILES string of the molecule is Cc1c2n(c(NC[C@@H]3COCCO3)cc1=O)CCc1cc(OCC(F)F)ccc1-2. The fourth-order valence-electron chi connectivity index (χ4n) is 3.84.